The Kier molecular flexibility index (Phi) is 5.98. The van der Waals surface area contributed by atoms with Gasteiger partial charge in [-0.05, 0) is 32.2 Å². The molecule has 2 heterocycles. The maximum atomic E-state index is 5.71. The van der Waals surface area contributed by atoms with Crippen molar-refractivity contribution in [3.8, 4) is 6.01 Å². The van der Waals surface area contributed by atoms with E-state index in [2.05, 4.69) is 32.1 Å². The molecule has 0 spiro atoms. The van der Waals surface area contributed by atoms with Gasteiger partial charge in [0, 0.05) is 19.1 Å². The van der Waals surface area contributed by atoms with E-state index in [1.165, 1.54) is 13.0 Å². The number of hydrogen-bond acceptors (Lipinski definition) is 7. The minimum absolute atomic E-state index is 0.196. The maximum absolute atomic E-state index is 5.71. The summed E-state index contributed by atoms with van der Waals surface area (Å²) in [6.45, 7) is 8.25. The van der Waals surface area contributed by atoms with E-state index < -0.39 is 0 Å². The van der Waals surface area contributed by atoms with E-state index in [1.807, 2.05) is 6.92 Å². The van der Waals surface area contributed by atoms with Crippen LogP contribution >= 0.6 is 0 Å². The lowest BCUT2D eigenvalue weighted by atomic mass is 10.1. The summed E-state index contributed by atoms with van der Waals surface area (Å²) in [5.74, 6) is 0.713. The number of likely N-dealkylation sites (tertiary alicyclic amines) is 1. The van der Waals surface area contributed by atoms with Crippen LogP contribution in [0, 0.1) is 0 Å². The van der Waals surface area contributed by atoms with Crippen molar-refractivity contribution < 1.29 is 4.74 Å². The highest BCUT2D eigenvalue weighted by molar-refractivity contribution is 5.33. The average molecular weight is 294 g/mol. The summed E-state index contributed by atoms with van der Waals surface area (Å²) in [4.78, 5) is 14.9. The molecule has 1 aromatic heterocycles. The van der Waals surface area contributed by atoms with Gasteiger partial charge in [0.15, 0.2) is 0 Å². The highest BCUT2D eigenvalue weighted by Gasteiger charge is 2.19. The number of nitrogens with one attached hydrogen (secondary N) is 1. The van der Waals surface area contributed by atoms with Crippen LogP contribution in [0.25, 0.3) is 0 Å². The fraction of sp³-hybridized carbons (Fsp3) is 0.786. The largest absolute Gasteiger partial charge is 0.463 e. The summed E-state index contributed by atoms with van der Waals surface area (Å²) in [6, 6.07) is 0.689. The molecular formula is C14H26N6O. The standard InChI is InChI=1S/C14H26N6O/c1-3-7-20-8-5-11(6-9-20)16-13-17-12(15)18-14(19-13)21-10-4-2/h11H,3-10H2,1-2H3,(H3,15,16,17,18,19). The molecule has 1 fully saturated rings. The van der Waals surface area contributed by atoms with Crippen molar-refractivity contribution in [2.45, 2.75) is 45.6 Å². The third-order valence-electron chi connectivity index (χ3n) is 3.53. The monoisotopic (exact) mass is 294 g/mol. The van der Waals surface area contributed by atoms with Crippen LogP contribution < -0.4 is 15.8 Å². The van der Waals surface area contributed by atoms with E-state index in [9.17, 15) is 0 Å². The van der Waals surface area contributed by atoms with Crippen LogP contribution in [0.15, 0.2) is 0 Å². The second kappa shape index (κ2) is 7.97. The normalized spacial score (nSPS) is 16.9. The molecule has 1 aromatic rings. The zero-order valence-electron chi connectivity index (χ0n) is 13.0. The molecule has 7 nitrogen and oxygen atoms in total. The molecule has 1 saturated heterocycles. The van der Waals surface area contributed by atoms with Gasteiger partial charge in [0.05, 0.1) is 6.61 Å². The highest BCUT2D eigenvalue weighted by atomic mass is 16.5. The van der Waals surface area contributed by atoms with Crippen molar-refractivity contribution in [2.75, 3.05) is 37.3 Å². The van der Waals surface area contributed by atoms with Gasteiger partial charge in [0.25, 0.3) is 0 Å². The number of ether oxygens (including phenoxy) is 1. The lowest BCUT2D eigenvalue weighted by Crippen LogP contribution is -2.39. The van der Waals surface area contributed by atoms with Gasteiger partial charge >= 0.3 is 6.01 Å². The molecule has 1 aliphatic rings. The molecule has 0 atom stereocenters. The van der Waals surface area contributed by atoms with Crippen LogP contribution in [-0.2, 0) is 0 Å². The molecule has 2 rings (SSSR count). The van der Waals surface area contributed by atoms with Gasteiger partial charge < -0.3 is 20.7 Å². The Morgan fingerprint density at radius 1 is 1.19 bits per heavy atom. The third kappa shape index (κ3) is 5.00. The van der Waals surface area contributed by atoms with Gasteiger partial charge in [-0.25, -0.2) is 0 Å². The van der Waals surface area contributed by atoms with Gasteiger partial charge in [-0.2, -0.15) is 15.0 Å². The lowest BCUT2D eigenvalue weighted by molar-refractivity contribution is 0.219. The van der Waals surface area contributed by atoms with Gasteiger partial charge in [-0.3, -0.25) is 0 Å². The second-order valence-electron chi connectivity index (χ2n) is 5.41. The summed E-state index contributed by atoms with van der Waals surface area (Å²) < 4.78 is 5.42. The Morgan fingerprint density at radius 2 is 1.95 bits per heavy atom. The first-order chi connectivity index (χ1) is 10.2. The van der Waals surface area contributed by atoms with Crippen LogP contribution in [-0.4, -0.2) is 52.1 Å². The Balaban J connectivity index is 1.89. The van der Waals surface area contributed by atoms with E-state index in [0.29, 0.717) is 24.6 Å². The summed E-state index contributed by atoms with van der Waals surface area (Å²) in [5, 5.41) is 3.35. The molecule has 0 saturated carbocycles. The lowest BCUT2D eigenvalue weighted by Gasteiger charge is -2.32. The fourth-order valence-electron chi connectivity index (χ4n) is 2.49. The first-order valence-corrected chi connectivity index (χ1v) is 7.84. The second-order valence-corrected chi connectivity index (χ2v) is 5.41. The topological polar surface area (TPSA) is 89.2 Å². The minimum atomic E-state index is 0.196. The molecule has 0 aliphatic carbocycles. The van der Waals surface area contributed by atoms with Gasteiger partial charge in [-0.1, -0.05) is 13.8 Å². The van der Waals surface area contributed by atoms with Crippen molar-refractivity contribution in [3.05, 3.63) is 0 Å². The molecule has 0 aromatic carbocycles. The molecule has 0 amide bonds. The van der Waals surface area contributed by atoms with Gasteiger partial charge in [0.1, 0.15) is 0 Å². The molecule has 118 valence electrons. The average Bonchev–Trinajstić information content (AvgIpc) is 2.47. The SMILES string of the molecule is CCCOc1nc(N)nc(NC2CCN(CCC)CC2)n1. The van der Waals surface area contributed by atoms with E-state index in [-0.39, 0.29) is 5.95 Å². The Morgan fingerprint density at radius 3 is 2.62 bits per heavy atom. The maximum Gasteiger partial charge on any atom is 0.323 e. The summed E-state index contributed by atoms with van der Waals surface area (Å²) >= 11 is 0. The van der Waals surface area contributed by atoms with Crippen LogP contribution in [0.1, 0.15) is 39.5 Å². The highest BCUT2D eigenvalue weighted by Crippen LogP contribution is 2.16. The van der Waals surface area contributed by atoms with Gasteiger partial charge in [0.2, 0.25) is 11.9 Å². The number of nitrogens with two attached hydrogens (primary N) is 1. The quantitative estimate of drug-likeness (QED) is 0.788. The Bertz CT molecular complexity index is 433. The van der Waals surface area contributed by atoms with E-state index >= 15 is 0 Å². The number of rotatable bonds is 7. The number of nitrogen functional groups attached to an aromatic ring is 1. The molecule has 21 heavy (non-hydrogen) atoms. The molecule has 0 radical (unpaired) electrons. The van der Waals surface area contributed by atoms with E-state index in [0.717, 1.165) is 32.4 Å². The smallest absolute Gasteiger partial charge is 0.323 e. The predicted octanol–water partition coefficient (Wildman–Crippen LogP) is 1.53. The first kappa shape index (κ1) is 15.8. The molecule has 0 unspecified atom stereocenters. The molecule has 3 N–H and O–H groups in total. The number of anilines is 2. The van der Waals surface area contributed by atoms with Crippen LogP contribution in [0.3, 0.4) is 0 Å². The van der Waals surface area contributed by atoms with Gasteiger partial charge in [-0.15, -0.1) is 0 Å². The Hall–Kier alpha value is -1.63. The zero-order chi connectivity index (χ0) is 15.1. The van der Waals surface area contributed by atoms with Crippen LogP contribution in [0.4, 0.5) is 11.9 Å². The Labute approximate surface area is 126 Å². The summed E-state index contributed by atoms with van der Waals surface area (Å²) in [6.07, 6.45) is 4.30. The van der Waals surface area contributed by atoms with Crippen molar-refractivity contribution >= 4 is 11.9 Å². The summed E-state index contributed by atoms with van der Waals surface area (Å²) in [5.41, 5.74) is 5.71. The fourth-order valence-corrected chi connectivity index (χ4v) is 2.49. The predicted molar refractivity (Wildman–Crippen MR) is 83.4 cm³/mol. The van der Waals surface area contributed by atoms with Crippen LogP contribution in [0.2, 0.25) is 0 Å². The number of hydrogen-bond donors (Lipinski definition) is 2. The van der Waals surface area contributed by atoms with E-state index in [1.54, 1.807) is 0 Å². The first-order valence-electron chi connectivity index (χ1n) is 7.84. The minimum Gasteiger partial charge on any atom is -0.463 e. The van der Waals surface area contributed by atoms with Crippen molar-refractivity contribution in [3.63, 3.8) is 0 Å². The van der Waals surface area contributed by atoms with Crippen molar-refractivity contribution in [1.82, 2.24) is 19.9 Å². The molecule has 0 bridgehead atoms. The summed E-state index contributed by atoms with van der Waals surface area (Å²) in [7, 11) is 0. The molecule has 1 aliphatic heterocycles. The van der Waals surface area contributed by atoms with Crippen molar-refractivity contribution in [2.24, 2.45) is 0 Å². The van der Waals surface area contributed by atoms with E-state index in [4.69, 9.17) is 10.5 Å². The molecule has 7 heteroatoms. The van der Waals surface area contributed by atoms with Crippen LogP contribution in [0.5, 0.6) is 6.01 Å². The third-order valence-corrected chi connectivity index (χ3v) is 3.53. The number of piperidine rings is 1. The van der Waals surface area contributed by atoms with Crippen molar-refractivity contribution in [1.29, 1.82) is 0 Å². The zero-order valence-corrected chi connectivity index (χ0v) is 13.0. The molecular weight excluding hydrogens is 268 g/mol. The number of nitrogens with zero attached hydrogens (tertiary/aromatic N) is 4. The number of aromatic nitrogens is 3.